The molecule has 0 spiro atoms. The summed E-state index contributed by atoms with van der Waals surface area (Å²) in [7, 11) is 0. The van der Waals surface area contributed by atoms with Crippen molar-refractivity contribution < 1.29 is 18.0 Å². The van der Waals surface area contributed by atoms with E-state index < -0.39 is 11.7 Å². The minimum atomic E-state index is -4.44. The number of nitrogens with zero attached hydrogens (tertiary/aromatic N) is 4. The third-order valence-corrected chi connectivity index (χ3v) is 5.24. The summed E-state index contributed by atoms with van der Waals surface area (Å²) in [6, 6.07) is 4.83. The third-order valence-electron chi connectivity index (χ3n) is 5.24. The van der Waals surface area contributed by atoms with Crippen LogP contribution in [0, 0.1) is 11.8 Å². The van der Waals surface area contributed by atoms with Gasteiger partial charge in [-0.2, -0.15) is 18.0 Å². The number of carbonyl (C=O) groups is 1. The van der Waals surface area contributed by atoms with E-state index in [1.165, 1.54) is 18.6 Å². The standard InChI is InChI=1S/C18H22F3N5O/c1-11-5-3-8-15(12(11)2)22-16(27)10-26-24-17(23-25-26)13-6-4-7-14(9-13)18(19,20)21/h4,6-7,9,11-12,15H,3,5,8,10H2,1-2H3,(H,22,27)/t11-,12+,15-/m0/s1. The Morgan fingerprint density at radius 3 is 2.81 bits per heavy atom. The SMILES string of the molecule is C[C@H]1[C@@H](NC(=O)Cn2nnc(-c3cccc(C(F)(F)F)c3)n2)CCC[C@@H]1C. The van der Waals surface area contributed by atoms with Crippen molar-refractivity contribution in [2.45, 2.75) is 51.9 Å². The number of halogens is 3. The summed E-state index contributed by atoms with van der Waals surface area (Å²) in [5, 5.41) is 14.6. The molecule has 0 bridgehead atoms. The minimum absolute atomic E-state index is 0.0496. The van der Waals surface area contributed by atoms with E-state index in [9.17, 15) is 18.0 Å². The lowest BCUT2D eigenvalue weighted by Crippen LogP contribution is -2.45. The van der Waals surface area contributed by atoms with Crippen molar-refractivity contribution in [1.29, 1.82) is 0 Å². The summed E-state index contributed by atoms with van der Waals surface area (Å²) >= 11 is 0. The van der Waals surface area contributed by atoms with Gasteiger partial charge in [0.15, 0.2) is 0 Å². The summed E-state index contributed by atoms with van der Waals surface area (Å²) in [6.45, 7) is 4.20. The highest BCUT2D eigenvalue weighted by molar-refractivity contribution is 5.75. The van der Waals surface area contributed by atoms with E-state index >= 15 is 0 Å². The van der Waals surface area contributed by atoms with E-state index in [0.717, 1.165) is 29.8 Å². The van der Waals surface area contributed by atoms with Gasteiger partial charge in [-0.25, -0.2) is 0 Å². The molecule has 1 aromatic heterocycles. The zero-order chi connectivity index (χ0) is 19.6. The van der Waals surface area contributed by atoms with E-state index in [4.69, 9.17) is 0 Å². The molecule has 0 aliphatic heterocycles. The number of tetrazole rings is 1. The van der Waals surface area contributed by atoms with Crippen LogP contribution in [0.3, 0.4) is 0 Å². The van der Waals surface area contributed by atoms with Crippen molar-refractivity contribution in [3.05, 3.63) is 29.8 Å². The van der Waals surface area contributed by atoms with Crippen LogP contribution >= 0.6 is 0 Å². The van der Waals surface area contributed by atoms with Crippen molar-refractivity contribution in [3.8, 4) is 11.4 Å². The van der Waals surface area contributed by atoms with Gasteiger partial charge in [0, 0.05) is 11.6 Å². The van der Waals surface area contributed by atoms with E-state index in [-0.39, 0.29) is 29.9 Å². The smallest absolute Gasteiger partial charge is 0.351 e. The van der Waals surface area contributed by atoms with Crippen LogP contribution in [0.2, 0.25) is 0 Å². The Bertz CT molecular complexity index is 804. The van der Waals surface area contributed by atoms with Crippen LogP contribution in [0.5, 0.6) is 0 Å². The van der Waals surface area contributed by atoms with Crippen LogP contribution in [0.25, 0.3) is 11.4 Å². The fraction of sp³-hybridized carbons (Fsp3) is 0.556. The first-order chi connectivity index (χ1) is 12.7. The normalized spacial score (nSPS) is 23.2. The minimum Gasteiger partial charge on any atom is -0.351 e. The third kappa shape index (κ3) is 4.64. The number of hydrogen-bond acceptors (Lipinski definition) is 4. The highest BCUT2D eigenvalue weighted by atomic mass is 19.4. The van der Waals surface area contributed by atoms with Gasteiger partial charge in [-0.05, 0) is 35.6 Å². The topological polar surface area (TPSA) is 72.7 Å². The Kier molecular flexibility index (Phi) is 5.48. The van der Waals surface area contributed by atoms with E-state index in [1.807, 2.05) is 0 Å². The number of aromatic nitrogens is 4. The van der Waals surface area contributed by atoms with Crippen LogP contribution < -0.4 is 5.32 Å². The van der Waals surface area contributed by atoms with Crippen LogP contribution in [-0.2, 0) is 17.5 Å². The van der Waals surface area contributed by atoms with Gasteiger partial charge in [0.2, 0.25) is 11.7 Å². The predicted octanol–water partition coefficient (Wildman–Crippen LogP) is 3.30. The number of alkyl halides is 3. The lowest BCUT2D eigenvalue weighted by molar-refractivity contribution is -0.137. The summed E-state index contributed by atoms with van der Waals surface area (Å²) in [5.74, 6) is 0.774. The quantitative estimate of drug-likeness (QED) is 0.882. The zero-order valence-electron chi connectivity index (χ0n) is 15.2. The summed E-state index contributed by atoms with van der Waals surface area (Å²) in [5.41, 5.74) is -0.583. The van der Waals surface area contributed by atoms with Crippen LogP contribution in [0.15, 0.2) is 24.3 Å². The monoisotopic (exact) mass is 381 g/mol. The van der Waals surface area contributed by atoms with Crippen molar-refractivity contribution >= 4 is 5.91 Å². The molecule has 1 heterocycles. The highest BCUT2D eigenvalue weighted by Crippen LogP contribution is 2.31. The van der Waals surface area contributed by atoms with Crippen molar-refractivity contribution in [2.75, 3.05) is 0 Å². The maximum atomic E-state index is 12.8. The molecule has 1 N–H and O–H groups in total. The molecule has 3 atom stereocenters. The van der Waals surface area contributed by atoms with Gasteiger partial charge in [0.1, 0.15) is 6.54 Å². The average Bonchev–Trinajstić information content (AvgIpc) is 3.07. The highest BCUT2D eigenvalue weighted by Gasteiger charge is 2.31. The first-order valence-electron chi connectivity index (χ1n) is 8.99. The molecule has 1 aliphatic rings. The number of carbonyl (C=O) groups excluding carboxylic acids is 1. The predicted molar refractivity (Wildman–Crippen MR) is 92.4 cm³/mol. The molecule has 146 valence electrons. The van der Waals surface area contributed by atoms with Crippen molar-refractivity contribution in [3.63, 3.8) is 0 Å². The maximum Gasteiger partial charge on any atom is 0.416 e. The number of nitrogens with one attached hydrogen (secondary N) is 1. The van der Waals surface area contributed by atoms with Gasteiger partial charge < -0.3 is 5.32 Å². The average molecular weight is 381 g/mol. The molecule has 1 fully saturated rings. The molecule has 2 aromatic rings. The second-order valence-electron chi connectivity index (χ2n) is 7.16. The fourth-order valence-electron chi connectivity index (χ4n) is 3.43. The van der Waals surface area contributed by atoms with Gasteiger partial charge in [-0.15, -0.1) is 10.2 Å². The van der Waals surface area contributed by atoms with Crippen LogP contribution in [-0.4, -0.2) is 32.2 Å². The van der Waals surface area contributed by atoms with Crippen molar-refractivity contribution in [2.24, 2.45) is 11.8 Å². The van der Waals surface area contributed by atoms with Crippen LogP contribution in [0.4, 0.5) is 13.2 Å². The van der Waals surface area contributed by atoms with E-state index in [0.29, 0.717) is 11.8 Å². The number of amides is 1. The Balaban J connectivity index is 1.65. The second kappa shape index (κ2) is 7.66. The molecule has 0 unspecified atom stereocenters. The molecule has 0 radical (unpaired) electrons. The molecule has 9 heteroatoms. The summed E-state index contributed by atoms with van der Waals surface area (Å²) in [6.07, 6.45) is -1.26. The zero-order valence-corrected chi connectivity index (χ0v) is 15.2. The van der Waals surface area contributed by atoms with Gasteiger partial charge in [-0.3, -0.25) is 4.79 Å². The maximum absolute atomic E-state index is 12.8. The number of rotatable bonds is 4. The largest absolute Gasteiger partial charge is 0.416 e. The first-order valence-corrected chi connectivity index (χ1v) is 8.99. The van der Waals surface area contributed by atoms with Crippen LogP contribution in [0.1, 0.15) is 38.7 Å². The number of hydrogen-bond donors (Lipinski definition) is 1. The Morgan fingerprint density at radius 1 is 1.30 bits per heavy atom. The molecular weight excluding hydrogens is 359 g/mol. The molecular formula is C18H22F3N5O. The molecule has 3 rings (SSSR count). The van der Waals surface area contributed by atoms with Gasteiger partial charge in [-0.1, -0.05) is 38.8 Å². The number of benzene rings is 1. The van der Waals surface area contributed by atoms with Gasteiger partial charge in [0.05, 0.1) is 5.56 Å². The lowest BCUT2D eigenvalue weighted by Gasteiger charge is -2.34. The summed E-state index contributed by atoms with van der Waals surface area (Å²) in [4.78, 5) is 13.4. The molecule has 0 saturated heterocycles. The van der Waals surface area contributed by atoms with E-state index in [2.05, 4.69) is 34.6 Å². The molecule has 6 nitrogen and oxygen atoms in total. The fourth-order valence-corrected chi connectivity index (χ4v) is 3.43. The lowest BCUT2D eigenvalue weighted by atomic mass is 9.78. The molecule has 1 amide bonds. The molecule has 1 aliphatic carbocycles. The molecule has 27 heavy (non-hydrogen) atoms. The Hall–Kier alpha value is -2.45. The Morgan fingerprint density at radius 2 is 2.07 bits per heavy atom. The van der Waals surface area contributed by atoms with E-state index in [1.54, 1.807) is 0 Å². The summed E-state index contributed by atoms with van der Waals surface area (Å²) < 4.78 is 38.5. The molecule has 1 saturated carbocycles. The first kappa shape index (κ1) is 19.3. The Labute approximate surface area is 155 Å². The second-order valence-corrected chi connectivity index (χ2v) is 7.16. The van der Waals surface area contributed by atoms with Gasteiger partial charge >= 0.3 is 6.18 Å². The molecule has 1 aromatic carbocycles. The van der Waals surface area contributed by atoms with Gasteiger partial charge in [0.25, 0.3) is 0 Å². The van der Waals surface area contributed by atoms with Crippen molar-refractivity contribution in [1.82, 2.24) is 25.5 Å².